The lowest BCUT2D eigenvalue weighted by atomic mass is 10.1. The average molecular weight is 257 g/mol. The van der Waals surface area contributed by atoms with Gasteiger partial charge in [0.15, 0.2) is 0 Å². The van der Waals surface area contributed by atoms with E-state index >= 15 is 0 Å². The summed E-state index contributed by atoms with van der Waals surface area (Å²) in [4.78, 5) is 4.44. The van der Waals surface area contributed by atoms with Crippen molar-refractivity contribution in [2.24, 2.45) is 5.73 Å². The molecule has 0 saturated carbocycles. The Morgan fingerprint density at radius 1 is 1.32 bits per heavy atom. The molecule has 0 radical (unpaired) electrons. The van der Waals surface area contributed by atoms with Crippen molar-refractivity contribution in [2.75, 3.05) is 0 Å². The highest BCUT2D eigenvalue weighted by atomic mass is 15.0. The summed E-state index contributed by atoms with van der Waals surface area (Å²) in [6.07, 6.45) is 5.86. The minimum absolute atomic E-state index is 0.212. The quantitative estimate of drug-likeness (QED) is 0.895. The first-order valence-electron chi connectivity index (χ1n) is 6.91. The lowest BCUT2D eigenvalue weighted by Crippen LogP contribution is -2.21. The summed E-state index contributed by atoms with van der Waals surface area (Å²) in [6.45, 7) is 7.27. The number of hydrogen-bond acceptors (Lipinski definition) is 2. The van der Waals surface area contributed by atoms with Crippen LogP contribution in [0, 0.1) is 13.8 Å². The van der Waals surface area contributed by atoms with Gasteiger partial charge in [0.2, 0.25) is 0 Å². The van der Waals surface area contributed by atoms with E-state index in [0.29, 0.717) is 0 Å². The first-order chi connectivity index (χ1) is 9.08. The number of nitrogens with zero attached hydrogens (tertiary/aromatic N) is 2. The Bertz CT molecular complexity index is 543. The minimum atomic E-state index is 0.212. The molecule has 3 nitrogen and oxygen atoms in total. The molecule has 19 heavy (non-hydrogen) atoms. The molecule has 1 aromatic carbocycles. The van der Waals surface area contributed by atoms with Gasteiger partial charge < -0.3 is 10.3 Å². The summed E-state index contributed by atoms with van der Waals surface area (Å²) in [5.74, 6) is 0. The van der Waals surface area contributed by atoms with E-state index in [0.717, 1.165) is 25.1 Å². The van der Waals surface area contributed by atoms with Crippen LogP contribution in [0.25, 0.3) is 0 Å². The molecule has 0 aliphatic rings. The smallest absolute Gasteiger partial charge is 0.0952 e. The van der Waals surface area contributed by atoms with Crippen LogP contribution in [0.5, 0.6) is 0 Å². The van der Waals surface area contributed by atoms with Gasteiger partial charge in [-0.2, -0.15) is 0 Å². The number of aromatic nitrogens is 2. The van der Waals surface area contributed by atoms with Crippen molar-refractivity contribution in [1.82, 2.24) is 9.55 Å². The maximum absolute atomic E-state index is 5.96. The largest absolute Gasteiger partial charge is 0.333 e. The molecule has 0 fully saturated rings. The first-order valence-corrected chi connectivity index (χ1v) is 6.91. The monoisotopic (exact) mass is 257 g/mol. The van der Waals surface area contributed by atoms with E-state index in [-0.39, 0.29) is 6.04 Å². The molecule has 2 aromatic rings. The van der Waals surface area contributed by atoms with Gasteiger partial charge in [-0.3, -0.25) is 0 Å². The Kier molecular flexibility index (Phi) is 4.38. The molecule has 1 atom stereocenters. The maximum Gasteiger partial charge on any atom is 0.0952 e. The van der Waals surface area contributed by atoms with Crippen molar-refractivity contribution in [3.8, 4) is 0 Å². The van der Waals surface area contributed by atoms with Gasteiger partial charge in [-0.1, -0.05) is 30.7 Å². The van der Waals surface area contributed by atoms with Crippen LogP contribution >= 0.6 is 0 Å². The highest BCUT2D eigenvalue weighted by Gasteiger charge is 2.06. The molecule has 0 bridgehead atoms. The molecule has 1 heterocycles. The zero-order valence-electron chi connectivity index (χ0n) is 12.1. The molecule has 3 heteroatoms. The van der Waals surface area contributed by atoms with E-state index in [2.05, 4.69) is 54.7 Å². The molecule has 1 unspecified atom stereocenters. The fourth-order valence-electron chi connectivity index (χ4n) is 2.18. The predicted octanol–water partition coefficient (Wildman–Crippen LogP) is 2.83. The fourth-order valence-corrected chi connectivity index (χ4v) is 2.18. The summed E-state index contributed by atoms with van der Waals surface area (Å²) in [5.41, 5.74) is 11.0. The number of rotatable bonds is 5. The van der Waals surface area contributed by atoms with Crippen molar-refractivity contribution in [3.05, 3.63) is 53.1 Å². The summed E-state index contributed by atoms with van der Waals surface area (Å²) >= 11 is 0. The molecule has 0 aliphatic heterocycles. The van der Waals surface area contributed by atoms with Crippen molar-refractivity contribution < 1.29 is 0 Å². The van der Waals surface area contributed by atoms with Gasteiger partial charge >= 0.3 is 0 Å². The molecule has 0 aliphatic carbocycles. The molecule has 1 aromatic heterocycles. The topological polar surface area (TPSA) is 43.8 Å². The predicted molar refractivity (Wildman–Crippen MR) is 79.2 cm³/mol. The Labute approximate surface area is 115 Å². The summed E-state index contributed by atoms with van der Waals surface area (Å²) < 4.78 is 2.14. The molecule has 2 N–H and O–H groups in total. The van der Waals surface area contributed by atoms with Gasteiger partial charge in [0.05, 0.1) is 12.0 Å². The molecular formula is C16H23N3. The van der Waals surface area contributed by atoms with Crippen LogP contribution in [-0.2, 0) is 13.0 Å². The summed E-state index contributed by atoms with van der Waals surface area (Å²) in [6, 6.07) is 6.78. The van der Waals surface area contributed by atoms with Crippen molar-refractivity contribution in [1.29, 1.82) is 0 Å². The van der Waals surface area contributed by atoms with Crippen LogP contribution in [0.15, 0.2) is 30.7 Å². The number of aryl methyl sites for hydroxylation is 2. The van der Waals surface area contributed by atoms with Crippen LogP contribution in [-0.4, -0.2) is 15.6 Å². The van der Waals surface area contributed by atoms with E-state index in [4.69, 9.17) is 5.73 Å². The lowest BCUT2D eigenvalue weighted by Gasteiger charge is -2.08. The zero-order chi connectivity index (χ0) is 13.8. The van der Waals surface area contributed by atoms with Gasteiger partial charge in [-0.15, -0.1) is 0 Å². The van der Waals surface area contributed by atoms with Crippen molar-refractivity contribution >= 4 is 0 Å². The van der Waals surface area contributed by atoms with Gasteiger partial charge in [0.25, 0.3) is 0 Å². The van der Waals surface area contributed by atoms with E-state index in [1.165, 1.54) is 16.7 Å². The summed E-state index contributed by atoms with van der Waals surface area (Å²) in [7, 11) is 0. The van der Waals surface area contributed by atoms with Crippen LogP contribution in [0.4, 0.5) is 0 Å². The third-order valence-electron chi connectivity index (χ3n) is 3.54. The second-order valence-corrected chi connectivity index (χ2v) is 5.34. The average Bonchev–Trinajstić information content (AvgIpc) is 2.81. The molecule has 102 valence electrons. The molecule has 2 rings (SSSR count). The Morgan fingerprint density at radius 2 is 2.11 bits per heavy atom. The lowest BCUT2D eigenvalue weighted by molar-refractivity contribution is 0.638. The minimum Gasteiger partial charge on any atom is -0.333 e. The number of hydrogen-bond donors (Lipinski definition) is 1. The molecule has 0 amide bonds. The van der Waals surface area contributed by atoms with Crippen molar-refractivity contribution in [3.63, 3.8) is 0 Å². The Morgan fingerprint density at radius 3 is 2.84 bits per heavy atom. The van der Waals surface area contributed by atoms with Gasteiger partial charge in [0, 0.05) is 25.2 Å². The van der Waals surface area contributed by atoms with E-state index in [9.17, 15) is 0 Å². The van der Waals surface area contributed by atoms with Crippen LogP contribution in [0.2, 0.25) is 0 Å². The molecule has 0 saturated heterocycles. The second kappa shape index (κ2) is 6.02. The molecule has 0 spiro atoms. The number of imidazole rings is 1. The van der Waals surface area contributed by atoms with Gasteiger partial charge in [-0.25, -0.2) is 4.98 Å². The SMILES string of the molecule is CCC(N)Cc1cn(Cc2cc(C)ccc2C)cn1. The summed E-state index contributed by atoms with van der Waals surface area (Å²) in [5, 5.41) is 0. The Hall–Kier alpha value is -1.61. The zero-order valence-corrected chi connectivity index (χ0v) is 12.1. The van der Waals surface area contributed by atoms with Crippen molar-refractivity contribution in [2.45, 2.75) is 46.2 Å². The van der Waals surface area contributed by atoms with Crippen LogP contribution in [0.1, 0.15) is 35.7 Å². The van der Waals surface area contributed by atoms with Gasteiger partial charge in [-0.05, 0) is 31.4 Å². The second-order valence-electron chi connectivity index (χ2n) is 5.34. The van der Waals surface area contributed by atoms with E-state index in [1.54, 1.807) is 0 Å². The standard InChI is InChI=1S/C16H23N3/c1-4-15(17)8-16-10-19(11-18-16)9-14-7-12(2)5-6-13(14)3/h5-7,10-11,15H,4,8-9,17H2,1-3H3. The van der Waals surface area contributed by atoms with E-state index < -0.39 is 0 Å². The normalized spacial score (nSPS) is 12.6. The first kappa shape index (κ1) is 13.8. The Balaban J connectivity index is 2.09. The highest BCUT2D eigenvalue weighted by molar-refractivity contribution is 5.30. The highest BCUT2D eigenvalue weighted by Crippen LogP contribution is 2.13. The van der Waals surface area contributed by atoms with Crippen LogP contribution in [0.3, 0.4) is 0 Å². The molecular weight excluding hydrogens is 234 g/mol. The van der Waals surface area contributed by atoms with E-state index in [1.807, 2.05) is 6.33 Å². The maximum atomic E-state index is 5.96. The third kappa shape index (κ3) is 3.67. The number of nitrogens with two attached hydrogens (primary N) is 1. The third-order valence-corrected chi connectivity index (χ3v) is 3.54. The fraction of sp³-hybridized carbons (Fsp3) is 0.438. The van der Waals surface area contributed by atoms with Gasteiger partial charge in [0.1, 0.15) is 0 Å². The van der Waals surface area contributed by atoms with Crippen LogP contribution < -0.4 is 5.73 Å². The number of benzene rings is 1.